The topological polar surface area (TPSA) is 43.1 Å². The Balaban J connectivity index is 2.46. The van der Waals surface area contributed by atoms with E-state index in [1.807, 2.05) is 0 Å². The summed E-state index contributed by atoms with van der Waals surface area (Å²) in [6.07, 6.45) is 0. The summed E-state index contributed by atoms with van der Waals surface area (Å²) in [6, 6.07) is 8.38. The minimum absolute atomic E-state index is 0.0323. The van der Waals surface area contributed by atoms with Crippen LogP contribution in [-0.4, -0.2) is 5.78 Å². The third kappa shape index (κ3) is 2.50. The van der Waals surface area contributed by atoms with E-state index in [-0.39, 0.29) is 11.3 Å². The quantitative estimate of drug-likeness (QED) is 0.508. The minimum atomic E-state index is -1.09. The highest BCUT2D eigenvalue weighted by Gasteiger charge is 2.15. The minimum Gasteiger partial charge on any atom is -0.398 e. The zero-order chi connectivity index (χ0) is 13.3. The lowest BCUT2D eigenvalue weighted by atomic mass is 10.0. The van der Waals surface area contributed by atoms with Crippen LogP contribution in [0.25, 0.3) is 0 Å². The van der Waals surface area contributed by atoms with Gasteiger partial charge in [0, 0.05) is 26.5 Å². The molecule has 0 aromatic heterocycles. The number of halogens is 3. The molecule has 2 aromatic carbocycles. The van der Waals surface area contributed by atoms with Crippen LogP contribution in [-0.2, 0) is 0 Å². The first-order valence-corrected chi connectivity index (χ1v) is 6.11. The largest absolute Gasteiger partial charge is 0.398 e. The van der Waals surface area contributed by atoms with E-state index in [2.05, 4.69) is 22.6 Å². The lowest BCUT2D eigenvalue weighted by molar-refractivity contribution is 0.103. The molecule has 2 N–H and O–H groups in total. The zero-order valence-electron chi connectivity index (χ0n) is 9.08. The first-order valence-electron chi connectivity index (χ1n) is 5.04. The Morgan fingerprint density at radius 1 is 1.06 bits per heavy atom. The molecule has 0 amide bonds. The van der Waals surface area contributed by atoms with Gasteiger partial charge in [-0.2, -0.15) is 0 Å². The second kappa shape index (κ2) is 5.01. The number of carbonyl (C=O) groups excluding carboxylic acids is 1. The van der Waals surface area contributed by atoms with Gasteiger partial charge in [-0.1, -0.05) is 0 Å². The monoisotopic (exact) mass is 359 g/mol. The highest BCUT2D eigenvalue weighted by Crippen LogP contribution is 2.20. The number of ketones is 1. The van der Waals surface area contributed by atoms with Crippen LogP contribution in [0.2, 0.25) is 0 Å². The molecule has 0 radical (unpaired) electrons. The number of benzene rings is 2. The van der Waals surface area contributed by atoms with Gasteiger partial charge in [0.05, 0.1) is 0 Å². The van der Waals surface area contributed by atoms with Crippen molar-refractivity contribution in [1.29, 1.82) is 0 Å². The van der Waals surface area contributed by atoms with E-state index in [1.54, 1.807) is 24.3 Å². The van der Waals surface area contributed by atoms with Gasteiger partial charge in [-0.3, -0.25) is 4.79 Å². The Morgan fingerprint density at radius 3 is 2.22 bits per heavy atom. The summed E-state index contributed by atoms with van der Waals surface area (Å²) in [6.45, 7) is 0. The fraction of sp³-hybridized carbons (Fsp3) is 0. The Labute approximate surface area is 116 Å². The molecule has 0 aliphatic rings. The summed E-state index contributed by atoms with van der Waals surface area (Å²) in [5, 5.41) is 0. The molecule has 0 saturated heterocycles. The number of hydrogen-bond acceptors (Lipinski definition) is 2. The molecule has 0 unspecified atom stereocenters. The maximum absolute atomic E-state index is 13.1. The predicted molar refractivity (Wildman–Crippen MR) is 73.4 cm³/mol. The van der Waals surface area contributed by atoms with Crippen molar-refractivity contribution in [3.8, 4) is 0 Å². The Hall–Kier alpha value is -1.50. The first-order chi connectivity index (χ1) is 8.49. The molecular formula is C13H8F2INO. The molecule has 0 atom stereocenters. The summed E-state index contributed by atoms with van der Waals surface area (Å²) in [5.41, 5.74) is 5.81. The smallest absolute Gasteiger partial charge is 0.195 e. The van der Waals surface area contributed by atoms with Gasteiger partial charge in [0.25, 0.3) is 0 Å². The number of hydrogen-bond donors (Lipinski definition) is 1. The molecule has 92 valence electrons. The van der Waals surface area contributed by atoms with Crippen LogP contribution in [0.1, 0.15) is 15.9 Å². The van der Waals surface area contributed by atoms with E-state index in [1.165, 1.54) is 0 Å². The lowest BCUT2D eigenvalue weighted by Gasteiger charge is -2.06. The van der Waals surface area contributed by atoms with Crippen LogP contribution in [0.4, 0.5) is 14.5 Å². The fourth-order valence-electron chi connectivity index (χ4n) is 1.52. The van der Waals surface area contributed by atoms with Crippen molar-refractivity contribution >= 4 is 34.1 Å². The summed E-state index contributed by atoms with van der Waals surface area (Å²) in [5.74, 6) is -2.58. The van der Waals surface area contributed by atoms with Crippen LogP contribution in [0.5, 0.6) is 0 Å². The molecule has 0 fully saturated rings. The average molecular weight is 359 g/mol. The van der Waals surface area contributed by atoms with Gasteiger partial charge in [0.2, 0.25) is 0 Å². The molecular weight excluding hydrogens is 351 g/mol. The van der Waals surface area contributed by atoms with Crippen molar-refractivity contribution in [3.05, 3.63) is 62.7 Å². The van der Waals surface area contributed by atoms with Crippen molar-refractivity contribution in [3.63, 3.8) is 0 Å². The highest BCUT2D eigenvalue weighted by atomic mass is 127. The number of nitrogen functional groups attached to an aromatic ring is 1. The molecule has 2 rings (SSSR count). The van der Waals surface area contributed by atoms with Gasteiger partial charge in [0.1, 0.15) is 0 Å². The molecule has 0 heterocycles. The second-order valence-electron chi connectivity index (χ2n) is 3.69. The van der Waals surface area contributed by atoms with Crippen molar-refractivity contribution in [2.75, 3.05) is 5.73 Å². The van der Waals surface area contributed by atoms with Gasteiger partial charge >= 0.3 is 0 Å². The summed E-state index contributed by atoms with van der Waals surface area (Å²) < 4.78 is 27.0. The van der Waals surface area contributed by atoms with E-state index in [0.29, 0.717) is 5.56 Å². The van der Waals surface area contributed by atoms with E-state index in [9.17, 15) is 13.6 Å². The summed E-state index contributed by atoms with van der Waals surface area (Å²) >= 11 is 2.11. The van der Waals surface area contributed by atoms with Crippen molar-refractivity contribution < 1.29 is 13.6 Å². The Kier molecular flexibility index (Phi) is 3.60. The van der Waals surface area contributed by atoms with Gasteiger partial charge in [-0.25, -0.2) is 8.78 Å². The molecule has 0 bridgehead atoms. The Bertz CT molecular complexity index is 611. The molecule has 0 saturated carbocycles. The van der Waals surface area contributed by atoms with Gasteiger partial charge in [-0.05, 0) is 52.9 Å². The van der Waals surface area contributed by atoms with Crippen LogP contribution < -0.4 is 5.73 Å². The standard InChI is InChI=1S/C13H8F2INO/c14-10-5-9(12(17)6-11(10)15)13(18)7-1-3-8(16)4-2-7/h1-6H,17H2. The SMILES string of the molecule is Nc1cc(F)c(F)cc1C(=O)c1ccc(I)cc1. The summed E-state index contributed by atoms with van der Waals surface area (Å²) in [4.78, 5) is 12.1. The normalized spacial score (nSPS) is 10.4. The number of carbonyl (C=O) groups is 1. The van der Waals surface area contributed by atoms with Gasteiger partial charge < -0.3 is 5.73 Å². The molecule has 0 spiro atoms. The summed E-state index contributed by atoms with van der Waals surface area (Å²) in [7, 11) is 0. The van der Waals surface area contributed by atoms with Crippen LogP contribution in [0, 0.1) is 15.2 Å². The molecule has 18 heavy (non-hydrogen) atoms. The Morgan fingerprint density at radius 2 is 1.61 bits per heavy atom. The zero-order valence-corrected chi connectivity index (χ0v) is 11.2. The van der Waals surface area contributed by atoms with Crippen LogP contribution >= 0.6 is 22.6 Å². The van der Waals surface area contributed by atoms with Crippen molar-refractivity contribution in [2.45, 2.75) is 0 Å². The van der Waals surface area contributed by atoms with E-state index >= 15 is 0 Å². The first kappa shape index (κ1) is 12.9. The molecule has 2 aromatic rings. The fourth-order valence-corrected chi connectivity index (χ4v) is 1.88. The van der Waals surface area contributed by atoms with E-state index in [4.69, 9.17) is 5.73 Å². The van der Waals surface area contributed by atoms with Gasteiger partial charge in [0.15, 0.2) is 17.4 Å². The highest BCUT2D eigenvalue weighted by molar-refractivity contribution is 14.1. The van der Waals surface area contributed by atoms with E-state index < -0.39 is 17.4 Å². The van der Waals surface area contributed by atoms with Crippen molar-refractivity contribution in [1.82, 2.24) is 0 Å². The molecule has 0 aliphatic carbocycles. The van der Waals surface area contributed by atoms with Gasteiger partial charge in [-0.15, -0.1) is 0 Å². The molecule has 5 heteroatoms. The third-order valence-corrected chi connectivity index (χ3v) is 3.16. The van der Waals surface area contributed by atoms with Crippen molar-refractivity contribution in [2.24, 2.45) is 0 Å². The van der Waals surface area contributed by atoms with Crippen LogP contribution in [0.15, 0.2) is 36.4 Å². The third-order valence-electron chi connectivity index (χ3n) is 2.44. The maximum Gasteiger partial charge on any atom is 0.195 e. The molecule has 0 aliphatic heterocycles. The van der Waals surface area contributed by atoms with Crippen LogP contribution in [0.3, 0.4) is 0 Å². The maximum atomic E-state index is 13.1. The number of rotatable bonds is 2. The number of nitrogens with two attached hydrogens (primary N) is 1. The molecule has 2 nitrogen and oxygen atoms in total. The number of anilines is 1. The predicted octanol–water partition coefficient (Wildman–Crippen LogP) is 3.38. The second-order valence-corrected chi connectivity index (χ2v) is 4.94. The average Bonchev–Trinajstić information content (AvgIpc) is 2.34. The van der Waals surface area contributed by atoms with E-state index in [0.717, 1.165) is 15.7 Å². The lowest BCUT2D eigenvalue weighted by Crippen LogP contribution is -2.07.